The second kappa shape index (κ2) is 7.72. The first-order valence-electron chi connectivity index (χ1n) is 4.18. The molecule has 0 atom stereocenters. The maximum absolute atomic E-state index is 10.9. The maximum atomic E-state index is 10.9. The van der Waals surface area contributed by atoms with Crippen molar-refractivity contribution in [1.82, 2.24) is 5.32 Å². The van der Waals surface area contributed by atoms with E-state index in [1.807, 2.05) is 0 Å². The number of nitrogens with one attached hydrogen (secondary N) is 1. The van der Waals surface area contributed by atoms with Crippen LogP contribution in [0.15, 0.2) is 24.3 Å². The number of nitrogens with two attached hydrogens (primary N) is 1. The van der Waals surface area contributed by atoms with Gasteiger partial charge in [-0.3, -0.25) is 9.59 Å². The third kappa shape index (κ3) is 7.41. The van der Waals surface area contributed by atoms with E-state index in [-0.39, 0.29) is 25.5 Å². The summed E-state index contributed by atoms with van der Waals surface area (Å²) >= 11 is 0. The molecule has 0 spiro atoms. The second-order valence-corrected chi connectivity index (χ2v) is 2.59. The van der Waals surface area contributed by atoms with Gasteiger partial charge in [-0.25, -0.2) is 0 Å². The third-order valence-electron chi connectivity index (χ3n) is 1.35. The van der Waals surface area contributed by atoms with Crippen molar-refractivity contribution in [2.45, 2.75) is 0 Å². The highest BCUT2D eigenvalue weighted by molar-refractivity contribution is 5.91. The molecule has 6 nitrogen and oxygen atoms in total. The van der Waals surface area contributed by atoms with Crippen molar-refractivity contribution in [3.8, 4) is 0 Å². The molecule has 0 aliphatic heterocycles. The molecule has 84 valence electrons. The van der Waals surface area contributed by atoms with Crippen molar-refractivity contribution in [1.29, 1.82) is 0 Å². The molecule has 0 saturated carbocycles. The lowest BCUT2D eigenvalue weighted by Crippen LogP contribution is -2.26. The summed E-state index contributed by atoms with van der Waals surface area (Å²) in [6.07, 6.45) is 2.46. The minimum Gasteiger partial charge on any atom is -0.392 e. The molecule has 0 aromatic rings. The van der Waals surface area contributed by atoms with Gasteiger partial charge in [-0.2, -0.15) is 0 Å². The van der Waals surface area contributed by atoms with Crippen molar-refractivity contribution in [3.63, 3.8) is 0 Å². The minimum absolute atomic E-state index is 0.0284. The van der Waals surface area contributed by atoms with Crippen LogP contribution < -0.4 is 11.1 Å². The molecule has 0 radical (unpaired) electrons. The van der Waals surface area contributed by atoms with Crippen molar-refractivity contribution in [2.75, 3.05) is 19.9 Å². The second-order valence-electron chi connectivity index (χ2n) is 2.59. The summed E-state index contributed by atoms with van der Waals surface area (Å²) in [7, 11) is 0. The van der Waals surface area contributed by atoms with Gasteiger partial charge in [0, 0.05) is 11.6 Å². The van der Waals surface area contributed by atoms with Crippen LogP contribution in [-0.4, -0.2) is 36.9 Å². The molecule has 0 aromatic heterocycles. The summed E-state index contributed by atoms with van der Waals surface area (Å²) in [5.41, 5.74) is 5.03. The fourth-order valence-electron chi connectivity index (χ4n) is 0.586. The number of hydrogen-bond donors (Lipinski definition) is 3. The highest BCUT2D eigenvalue weighted by atomic mass is 16.5. The average molecular weight is 214 g/mol. The Morgan fingerprint density at radius 1 is 1.53 bits per heavy atom. The Balaban J connectivity index is 3.55. The molecule has 0 aliphatic rings. The van der Waals surface area contributed by atoms with Gasteiger partial charge in [0.25, 0.3) is 0 Å². The number of aliphatic hydroxyl groups is 1. The van der Waals surface area contributed by atoms with E-state index < -0.39 is 11.8 Å². The van der Waals surface area contributed by atoms with Gasteiger partial charge >= 0.3 is 0 Å². The predicted molar refractivity (Wildman–Crippen MR) is 53.5 cm³/mol. The van der Waals surface area contributed by atoms with Crippen LogP contribution in [0.5, 0.6) is 0 Å². The Bertz CT molecular complexity index is 273. The van der Waals surface area contributed by atoms with Crippen molar-refractivity contribution in [3.05, 3.63) is 24.3 Å². The average Bonchev–Trinajstić information content (AvgIpc) is 2.20. The lowest BCUT2D eigenvalue weighted by atomic mass is 10.3. The SMILES string of the molecule is C=C(COCNC(=O)C=CCO)C(N)=O. The zero-order valence-corrected chi connectivity index (χ0v) is 8.23. The molecule has 0 bridgehead atoms. The van der Waals surface area contributed by atoms with E-state index in [9.17, 15) is 9.59 Å². The van der Waals surface area contributed by atoms with Crippen LogP contribution in [0.3, 0.4) is 0 Å². The van der Waals surface area contributed by atoms with Gasteiger partial charge in [0.05, 0.1) is 13.2 Å². The lowest BCUT2D eigenvalue weighted by molar-refractivity contribution is -0.118. The summed E-state index contributed by atoms with van der Waals surface area (Å²) < 4.78 is 4.88. The summed E-state index contributed by atoms with van der Waals surface area (Å²) in [4.78, 5) is 21.4. The van der Waals surface area contributed by atoms with Crippen LogP contribution in [0.1, 0.15) is 0 Å². The Labute approximate surface area is 87.4 Å². The van der Waals surface area contributed by atoms with Crippen LogP contribution in [0.4, 0.5) is 0 Å². The van der Waals surface area contributed by atoms with Gasteiger partial charge in [0.1, 0.15) is 6.73 Å². The predicted octanol–water partition coefficient (Wildman–Crippen LogP) is -1.33. The molecule has 0 heterocycles. The van der Waals surface area contributed by atoms with E-state index in [4.69, 9.17) is 15.6 Å². The van der Waals surface area contributed by atoms with E-state index in [1.54, 1.807) is 0 Å². The van der Waals surface area contributed by atoms with Gasteiger partial charge in [-0.05, 0) is 0 Å². The first-order valence-corrected chi connectivity index (χ1v) is 4.18. The first-order chi connectivity index (χ1) is 7.07. The van der Waals surface area contributed by atoms with E-state index in [1.165, 1.54) is 12.2 Å². The first kappa shape index (κ1) is 13.3. The standard InChI is InChI=1S/C9H14N2O4/c1-7(9(10)14)5-15-6-11-8(13)3-2-4-12/h2-3,12H,1,4-6H2,(H2,10,14)(H,11,13). The Kier molecular flexibility index (Phi) is 6.86. The van der Waals surface area contributed by atoms with E-state index in [0.717, 1.165) is 0 Å². The Morgan fingerprint density at radius 3 is 2.73 bits per heavy atom. The van der Waals surface area contributed by atoms with Gasteiger partial charge < -0.3 is 20.9 Å². The summed E-state index contributed by atoms with van der Waals surface area (Å²) in [5.74, 6) is -1.03. The largest absolute Gasteiger partial charge is 0.392 e. The lowest BCUT2D eigenvalue weighted by Gasteiger charge is -2.04. The van der Waals surface area contributed by atoms with Gasteiger partial charge in [-0.15, -0.1) is 0 Å². The number of hydrogen-bond acceptors (Lipinski definition) is 4. The Hall–Kier alpha value is -1.66. The minimum atomic E-state index is -0.637. The molecule has 0 aromatic carbocycles. The van der Waals surface area contributed by atoms with Crippen molar-refractivity contribution in [2.24, 2.45) is 5.73 Å². The van der Waals surface area contributed by atoms with Gasteiger partial charge in [0.15, 0.2) is 0 Å². The highest BCUT2D eigenvalue weighted by Gasteiger charge is 2.01. The summed E-state index contributed by atoms with van der Waals surface area (Å²) in [6, 6.07) is 0. The van der Waals surface area contributed by atoms with Crippen molar-refractivity contribution < 1.29 is 19.4 Å². The molecule has 0 unspecified atom stereocenters. The van der Waals surface area contributed by atoms with E-state index in [0.29, 0.717) is 0 Å². The van der Waals surface area contributed by atoms with Crippen LogP contribution in [-0.2, 0) is 14.3 Å². The van der Waals surface area contributed by atoms with Crippen molar-refractivity contribution >= 4 is 11.8 Å². The molecular weight excluding hydrogens is 200 g/mol. The molecule has 0 rings (SSSR count). The molecule has 2 amide bonds. The normalized spacial score (nSPS) is 10.2. The van der Waals surface area contributed by atoms with Gasteiger partial charge in [0.2, 0.25) is 11.8 Å². The number of ether oxygens (including phenoxy) is 1. The highest BCUT2D eigenvalue weighted by Crippen LogP contribution is 1.88. The Morgan fingerprint density at radius 2 is 2.20 bits per heavy atom. The third-order valence-corrected chi connectivity index (χ3v) is 1.35. The topological polar surface area (TPSA) is 102 Å². The molecule has 6 heteroatoms. The number of carbonyl (C=O) groups is 2. The zero-order chi connectivity index (χ0) is 11.7. The molecule has 0 saturated heterocycles. The molecule has 0 fully saturated rings. The fourth-order valence-corrected chi connectivity index (χ4v) is 0.586. The molecule has 4 N–H and O–H groups in total. The number of carbonyl (C=O) groups excluding carboxylic acids is 2. The molecule has 0 aliphatic carbocycles. The van der Waals surface area contributed by atoms with Crippen LogP contribution >= 0.6 is 0 Å². The number of aliphatic hydroxyl groups excluding tert-OH is 1. The number of amides is 2. The van der Waals surface area contributed by atoms with Crippen LogP contribution in [0, 0.1) is 0 Å². The summed E-state index contributed by atoms with van der Waals surface area (Å²) in [6.45, 7) is 3.08. The quantitative estimate of drug-likeness (QED) is 0.277. The molecular formula is C9H14N2O4. The van der Waals surface area contributed by atoms with Crippen LogP contribution in [0.2, 0.25) is 0 Å². The van der Waals surface area contributed by atoms with E-state index in [2.05, 4.69) is 11.9 Å². The summed E-state index contributed by atoms with van der Waals surface area (Å²) in [5, 5.41) is 10.7. The zero-order valence-electron chi connectivity index (χ0n) is 8.23. The number of rotatable bonds is 7. The van der Waals surface area contributed by atoms with Crippen LogP contribution in [0.25, 0.3) is 0 Å². The molecule has 15 heavy (non-hydrogen) atoms. The monoisotopic (exact) mass is 214 g/mol. The maximum Gasteiger partial charge on any atom is 0.246 e. The fraction of sp³-hybridized carbons (Fsp3) is 0.333. The van der Waals surface area contributed by atoms with E-state index >= 15 is 0 Å². The smallest absolute Gasteiger partial charge is 0.246 e. The van der Waals surface area contributed by atoms with Gasteiger partial charge in [-0.1, -0.05) is 12.7 Å². The number of primary amides is 1.